The molecule has 0 bridgehead atoms. The highest BCUT2D eigenvalue weighted by atomic mass is 35.5. The third-order valence-corrected chi connectivity index (χ3v) is 5.72. The number of halogens is 1. The molecule has 150 valence electrons. The Balaban J connectivity index is 0.00000280. The van der Waals surface area contributed by atoms with Crippen molar-refractivity contribution in [2.24, 2.45) is 0 Å². The summed E-state index contributed by atoms with van der Waals surface area (Å²) in [5, 5.41) is 0.785. The Morgan fingerprint density at radius 1 is 1.00 bits per heavy atom. The number of likely N-dealkylation sites (N-methyl/N-ethyl adjacent to an activating group) is 1. The molecule has 0 saturated carbocycles. The zero-order valence-electron chi connectivity index (χ0n) is 17.2. The second-order valence-corrected chi connectivity index (χ2v) is 8.43. The molecule has 2 aromatic carbocycles. The number of amides is 1. The monoisotopic (exact) mass is 417 g/mol. The quantitative estimate of drug-likeness (QED) is 0.579. The number of carbonyl (C=O) groups excluding carboxylic acids is 1. The van der Waals surface area contributed by atoms with E-state index in [9.17, 15) is 4.79 Å². The maximum Gasteiger partial charge on any atom is 0.233 e. The molecule has 3 rings (SSSR count). The molecule has 0 N–H and O–H groups in total. The van der Waals surface area contributed by atoms with E-state index in [0.29, 0.717) is 13.0 Å². The Kier molecular flexibility index (Phi) is 7.58. The Morgan fingerprint density at radius 3 is 2.39 bits per heavy atom. The molecule has 3 aromatic rings. The number of thiazole rings is 1. The van der Waals surface area contributed by atoms with Crippen LogP contribution < -0.4 is 4.90 Å². The number of anilines is 1. The lowest BCUT2D eigenvalue weighted by molar-refractivity contribution is -0.118. The van der Waals surface area contributed by atoms with E-state index in [2.05, 4.69) is 56.0 Å². The predicted molar refractivity (Wildman–Crippen MR) is 122 cm³/mol. The average Bonchev–Trinajstić information content (AvgIpc) is 3.00. The van der Waals surface area contributed by atoms with Crippen molar-refractivity contribution in [1.82, 2.24) is 9.88 Å². The van der Waals surface area contributed by atoms with E-state index in [-0.39, 0.29) is 18.3 Å². The van der Waals surface area contributed by atoms with Gasteiger partial charge in [-0.25, -0.2) is 4.98 Å². The first-order valence-electron chi connectivity index (χ1n) is 9.22. The number of aromatic nitrogens is 1. The van der Waals surface area contributed by atoms with E-state index in [1.165, 1.54) is 11.1 Å². The van der Waals surface area contributed by atoms with Crippen LogP contribution in [0.1, 0.15) is 22.3 Å². The van der Waals surface area contributed by atoms with Crippen LogP contribution in [0.3, 0.4) is 0 Å². The zero-order chi connectivity index (χ0) is 19.6. The number of carbonyl (C=O) groups is 1. The van der Waals surface area contributed by atoms with E-state index in [4.69, 9.17) is 4.98 Å². The van der Waals surface area contributed by atoms with Crippen LogP contribution in [-0.4, -0.2) is 43.0 Å². The minimum absolute atomic E-state index is 0. The molecule has 0 unspecified atom stereocenters. The molecule has 0 fully saturated rings. The lowest BCUT2D eigenvalue weighted by Gasteiger charge is -2.22. The van der Waals surface area contributed by atoms with Crippen molar-refractivity contribution in [1.29, 1.82) is 0 Å². The van der Waals surface area contributed by atoms with E-state index < -0.39 is 0 Å². The molecular formula is C22H28ClN3OS. The molecular weight excluding hydrogens is 390 g/mol. The van der Waals surface area contributed by atoms with Gasteiger partial charge in [0.1, 0.15) is 0 Å². The van der Waals surface area contributed by atoms with Gasteiger partial charge in [0.25, 0.3) is 0 Å². The molecule has 0 saturated heterocycles. The van der Waals surface area contributed by atoms with Gasteiger partial charge in [0.05, 0.1) is 16.6 Å². The summed E-state index contributed by atoms with van der Waals surface area (Å²) in [5.41, 5.74) is 5.58. The molecule has 4 nitrogen and oxygen atoms in total. The first-order valence-corrected chi connectivity index (χ1v) is 10.0. The first kappa shape index (κ1) is 22.3. The fourth-order valence-corrected chi connectivity index (χ4v) is 4.12. The second kappa shape index (κ2) is 9.50. The van der Waals surface area contributed by atoms with Crippen molar-refractivity contribution in [2.45, 2.75) is 27.2 Å². The van der Waals surface area contributed by atoms with Crippen molar-refractivity contribution >= 4 is 45.0 Å². The van der Waals surface area contributed by atoms with Crippen LogP contribution in [0.5, 0.6) is 0 Å². The number of rotatable bonds is 6. The van der Waals surface area contributed by atoms with E-state index in [1.54, 1.807) is 11.3 Å². The van der Waals surface area contributed by atoms with Crippen LogP contribution in [0, 0.1) is 20.8 Å². The number of aryl methyl sites for hydroxylation is 3. The third-order valence-electron chi connectivity index (χ3n) is 4.68. The smallest absolute Gasteiger partial charge is 0.233 e. The summed E-state index contributed by atoms with van der Waals surface area (Å²) in [6, 6.07) is 12.5. The summed E-state index contributed by atoms with van der Waals surface area (Å²) in [6.45, 7) is 7.64. The molecule has 0 radical (unpaired) electrons. The maximum atomic E-state index is 13.2. The van der Waals surface area contributed by atoms with Gasteiger partial charge in [0.2, 0.25) is 5.91 Å². The minimum atomic E-state index is 0. The van der Waals surface area contributed by atoms with Gasteiger partial charge in [-0.05, 0) is 63.7 Å². The van der Waals surface area contributed by atoms with Gasteiger partial charge < -0.3 is 4.90 Å². The van der Waals surface area contributed by atoms with Gasteiger partial charge in [0, 0.05) is 13.1 Å². The molecule has 0 atom stereocenters. The highest BCUT2D eigenvalue weighted by Crippen LogP contribution is 2.30. The zero-order valence-corrected chi connectivity index (χ0v) is 18.8. The molecule has 6 heteroatoms. The summed E-state index contributed by atoms with van der Waals surface area (Å²) >= 11 is 1.59. The summed E-state index contributed by atoms with van der Waals surface area (Å²) < 4.78 is 1.12. The summed E-state index contributed by atoms with van der Waals surface area (Å²) in [6.07, 6.45) is 0.399. The van der Waals surface area contributed by atoms with E-state index >= 15 is 0 Å². The lowest BCUT2D eigenvalue weighted by Crippen LogP contribution is -2.37. The molecule has 28 heavy (non-hydrogen) atoms. The molecule has 0 aliphatic heterocycles. The molecule has 0 aliphatic carbocycles. The van der Waals surface area contributed by atoms with Gasteiger partial charge >= 0.3 is 0 Å². The van der Waals surface area contributed by atoms with Crippen LogP contribution in [-0.2, 0) is 11.2 Å². The highest BCUT2D eigenvalue weighted by molar-refractivity contribution is 7.22. The van der Waals surface area contributed by atoms with Crippen LogP contribution in [0.25, 0.3) is 10.2 Å². The molecule has 1 amide bonds. The molecule has 1 aromatic heterocycles. The van der Waals surface area contributed by atoms with Crippen molar-refractivity contribution in [3.63, 3.8) is 0 Å². The van der Waals surface area contributed by atoms with Crippen molar-refractivity contribution in [2.75, 3.05) is 32.1 Å². The number of nitrogens with zero attached hydrogens (tertiary/aromatic N) is 3. The molecule has 0 aliphatic rings. The summed E-state index contributed by atoms with van der Waals surface area (Å²) in [7, 11) is 4.05. The second-order valence-electron chi connectivity index (χ2n) is 7.42. The van der Waals surface area contributed by atoms with Gasteiger partial charge in [-0.15, -0.1) is 12.4 Å². The van der Waals surface area contributed by atoms with Crippen molar-refractivity contribution in [3.05, 3.63) is 58.7 Å². The third kappa shape index (κ3) is 5.31. The Morgan fingerprint density at radius 2 is 1.68 bits per heavy atom. The fourth-order valence-electron chi connectivity index (χ4n) is 3.01. The Hall–Kier alpha value is -1.95. The summed E-state index contributed by atoms with van der Waals surface area (Å²) in [4.78, 5) is 21.9. The number of benzene rings is 2. The van der Waals surface area contributed by atoms with Crippen LogP contribution in [0.2, 0.25) is 0 Å². The standard InChI is InChI=1S/C22H27N3OS.ClH/c1-15-6-8-17(3)18(12-15)14-21(26)25(11-10-24(4)5)22-23-19-9-7-16(2)13-20(19)27-22;/h6-9,12-13H,10-11,14H2,1-5H3;1H. The number of hydrogen-bond donors (Lipinski definition) is 0. The Labute approximate surface area is 177 Å². The first-order chi connectivity index (χ1) is 12.8. The van der Waals surface area contributed by atoms with Crippen molar-refractivity contribution in [3.8, 4) is 0 Å². The maximum absolute atomic E-state index is 13.2. The average molecular weight is 418 g/mol. The van der Waals surface area contributed by atoms with Crippen molar-refractivity contribution < 1.29 is 4.79 Å². The topological polar surface area (TPSA) is 36.4 Å². The summed E-state index contributed by atoms with van der Waals surface area (Å²) in [5.74, 6) is 0.0985. The van der Waals surface area contributed by atoms with E-state index in [1.807, 2.05) is 25.1 Å². The van der Waals surface area contributed by atoms with Crippen LogP contribution in [0.4, 0.5) is 5.13 Å². The van der Waals surface area contributed by atoms with Gasteiger partial charge in [-0.3, -0.25) is 9.69 Å². The SMILES string of the molecule is Cc1ccc(C)c(CC(=O)N(CCN(C)C)c2nc3ccc(C)cc3s2)c1.Cl. The molecule has 0 spiro atoms. The van der Waals surface area contributed by atoms with Gasteiger partial charge in [-0.1, -0.05) is 41.2 Å². The van der Waals surface area contributed by atoms with E-state index in [0.717, 1.165) is 33.0 Å². The number of fused-ring (bicyclic) bond motifs is 1. The minimum Gasteiger partial charge on any atom is -0.308 e. The van der Waals surface area contributed by atoms with Gasteiger partial charge in [-0.2, -0.15) is 0 Å². The highest BCUT2D eigenvalue weighted by Gasteiger charge is 2.21. The largest absolute Gasteiger partial charge is 0.308 e. The number of hydrogen-bond acceptors (Lipinski definition) is 4. The normalized spacial score (nSPS) is 10.9. The Bertz CT molecular complexity index is 968. The lowest BCUT2D eigenvalue weighted by atomic mass is 10.0. The predicted octanol–water partition coefficient (Wildman–Crippen LogP) is 4.78. The van der Waals surface area contributed by atoms with Crippen LogP contribution >= 0.6 is 23.7 Å². The van der Waals surface area contributed by atoms with Crippen LogP contribution in [0.15, 0.2) is 36.4 Å². The van der Waals surface area contributed by atoms with Gasteiger partial charge in [0.15, 0.2) is 5.13 Å². The fraction of sp³-hybridized carbons (Fsp3) is 0.364. The molecule has 1 heterocycles.